The summed E-state index contributed by atoms with van der Waals surface area (Å²) in [5.41, 5.74) is 2.72. The minimum atomic E-state index is 0.0294. The predicted octanol–water partition coefficient (Wildman–Crippen LogP) is 3.03. The van der Waals surface area contributed by atoms with E-state index in [0.29, 0.717) is 6.42 Å². The fraction of sp³-hybridized carbons (Fsp3) is 0.350. The van der Waals surface area contributed by atoms with Crippen molar-refractivity contribution in [3.8, 4) is 5.75 Å². The van der Waals surface area contributed by atoms with Crippen LogP contribution in [-0.4, -0.2) is 39.1 Å². The van der Waals surface area contributed by atoms with Crippen LogP contribution in [-0.2, 0) is 11.2 Å². The van der Waals surface area contributed by atoms with Crippen molar-refractivity contribution in [1.29, 1.82) is 0 Å². The standard InChI is InChI=1S/C20H22N4O2/c1-26-16-6-4-5-15(13-16)14-20(25)23-11-3-2-7-18(23)17-9-12-24-19(22-17)8-10-21-24/h4-6,8-10,12-13,18H,2-3,7,11,14H2,1H3/t18-/m1/s1. The van der Waals surface area contributed by atoms with E-state index in [-0.39, 0.29) is 11.9 Å². The molecule has 3 aromatic rings. The van der Waals surface area contributed by atoms with Crippen LogP contribution < -0.4 is 4.74 Å². The number of ether oxygens (including phenoxy) is 1. The zero-order valence-electron chi connectivity index (χ0n) is 14.8. The summed E-state index contributed by atoms with van der Waals surface area (Å²) in [5, 5.41) is 4.19. The van der Waals surface area contributed by atoms with E-state index >= 15 is 0 Å². The maximum absolute atomic E-state index is 13.0. The molecule has 0 aliphatic carbocycles. The Kier molecular flexibility index (Phi) is 4.56. The minimum Gasteiger partial charge on any atom is -0.497 e. The number of rotatable bonds is 4. The first-order chi connectivity index (χ1) is 12.7. The number of methoxy groups -OCH3 is 1. The van der Waals surface area contributed by atoms with E-state index in [4.69, 9.17) is 9.72 Å². The first-order valence-electron chi connectivity index (χ1n) is 8.97. The molecule has 1 amide bonds. The van der Waals surface area contributed by atoms with E-state index in [9.17, 15) is 4.79 Å². The maximum Gasteiger partial charge on any atom is 0.227 e. The number of hydrogen-bond acceptors (Lipinski definition) is 4. The van der Waals surface area contributed by atoms with Gasteiger partial charge in [-0.15, -0.1) is 0 Å². The minimum absolute atomic E-state index is 0.0294. The van der Waals surface area contributed by atoms with Gasteiger partial charge in [0.25, 0.3) is 0 Å². The van der Waals surface area contributed by atoms with Gasteiger partial charge in [-0.2, -0.15) is 5.10 Å². The molecule has 4 rings (SSSR count). The van der Waals surface area contributed by atoms with Crippen molar-refractivity contribution in [3.05, 3.63) is 60.0 Å². The summed E-state index contributed by atoms with van der Waals surface area (Å²) in [4.78, 5) is 19.7. The number of hydrogen-bond donors (Lipinski definition) is 0. The van der Waals surface area contributed by atoms with Crippen molar-refractivity contribution in [2.75, 3.05) is 13.7 Å². The van der Waals surface area contributed by atoms with Gasteiger partial charge in [0.2, 0.25) is 5.91 Å². The number of benzene rings is 1. The molecule has 0 spiro atoms. The highest BCUT2D eigenvalue weighted by Gasteiger charge is 2.29. The van der Waals surface area contributed by atoms with Gasteiger partial charge < -0.3 is 9.64 Å². The van der Waals surface area contributed by atoms with Gasteiger partial charge in [0.1, 0.15) is 5.75 Å². The van der Waals surface area contributed by atoms with Gasteiger partial charge in [-0.3, -0.25) is 4.79 Å². The number of amides is 1. The first kappa shape index (κ1) is 16.6. The Balaban J connectivity index is 1.57. The molecule has 1 aliphatic heterocycles. The Morgan fingerprint density at radius 3 is 3.08 bits per heavy atom. The van der Waals surface area contributed by atoms with Crippen LogP contribution in [0.2, 0.25) is 0 Å². The molecule has 6 nitrogen and oxygen atoms in total. The van der Waals surface area contributed by atoms with Crippen LogP contribution in [0.3, 0.4) is 0 Å². The zero-order chi connectivity index (χ0) is 17.9. The molecule has 2 aromatic heterocycles. The van der Waals surface area contributed by atoms with Crippen LogP contribution in [0.4, 0.5) is 0 Å². The molecule has 134 valence electrons. The molecule has 1 aromatic carbocycles. The average Bonchev–Trinajstić information content (AvgIpc) is 3.16. The summed E-state index contributed by atoms with van der Waals surface area (Å²) in [7, 11) is 1.64. The van der Waals surface area contributed by atoms with Gasteiger partial charge in [-0.25, -0.2) is 9.50 Å². The molecule has 6 heteroatoms. The summed E-state index contributed by atoms with van der Waals surface area (Å²) in [6.07, 6.45) is 7.12. The van der Waals surface area contributed by atoms with Gasteiger partial charge >= 0.3 is 0 Å². The quantitative estimate of drug-likeness (QED) is 0.726. The molecule has 3 heterocycles. The number of aromatic nitrogens is 3. The lowest BCUT2D eigenvalue weighted by Gasteiger charge is -2.35. The third-order valence-electron chi connectivity index (χ3n) is 4.93. The number of carbonyl (C=O) groups is 1. The van der Waals surface area contributed by atoms with Crippen LogP contribution in [0, 0.1) is 0 Å². The monoisotopic (exact) mass is 350 g/mol. The van der Waals surface area contributed by atoms with Crippen LogP contribution >= 0.6 is 0 Å². The van der Waals surface area contributed by atoms with Gasteiger partial charge in [-0.05, 0) is 43.0 Å². The molecule has 0 saturated carbocycles. The molecular formula is C20H22N4O2. The second-order valence-corrected chi connectivity index (χ2v) is 6.61. The van der Waals surface area contributed by atoms with Gasteiger partial charge in [0.15, 0.2) is 5.65 Å². The third kappa shape index (κ3) is 3.27. The van der Waals surface area contributed by atoms with E-state index in [1.54, 1.807) is 17.8 Å². The van der Waals surface area contributed by atoms with E-state index in [0.717, 1.165) is 48.5 Å². The molecule has 1 fully saturated rings. The second kappa shape index (κ2) is 7.15. The lowest BCUT2D eigenvalue weighted by atomic mass is 9.98. The lowest BCUT2D eigenvalue weighted by molar-refractivity contribution is -0.134. The number of fused-ring (bicyclic) bond motifs is 1. The van der Waals surface area contributed by atoms with E-state index in [1.807, 2.05) is 47.5 Å². The predicted molar refractivity (Wildman–Crippen MR) is 98.0 cm³/mol. The van der Waals surface area contributed by atoms with Crippen molar-refractivity contribution in [1.82, 2.24) is 19.5 Å². The van der Waals surface area contributed by atoms with Gasteiger partial charge in [-0.1, -0.05) is 12.1 Å². The van der Waals surface area contributed by atoms with Crippen molar-refractivity contribution in [2.24, 2.45) is 0 Å². The summed E-state index contributed by atoms with van der Waals surface area (Å²) < 4.78 is 7.01. The number of likely N-dealkylation sites (tertiary alicyclic amines) is 1. The van der Waals surface area contributed by atoms with Crippen LogP contribution in [0.15, 0.2) is 48.8 Å². The summed E-state index contributed by atoms with van der Waals surface area (Å²) in [6.45, 7) is 0.777. The maximum atomic E-state index is 13.0. The highest BCUT2D eigenvalue weighted by Crippen LogP contribution is 2.30. The Morgan fingerprint density at radius 1 is 1.27 bits per heavy atom. The van der Waals surface area contributed by atoms with Crippen molar-refractivity contribution in [2.45, 2.75) is 31.7 Å². The lowest BCUT2D eigenvalue weighted by Crippen LogP contribution is -2.39. The topological polar surface area (TPSA) is 59.7 Å². The fourth-order valence-electron chi connectivity index (χ4n) is 3.61. The van der Waals surface area contributed by atoms with Gasteiger partial charge in [0, 0.05) is 18.8 Å². The zero-order valence-corrected chi connectivity index (χ0v) is 14.8. The van der Waals surface area contributed by atoms with Crippen LogP contribution in [0.1, 0.15) is 36.6 Å². The molecule has 0 unspecified atom stereocenters. The molecule has 26 heavy (non-hydrogen) atoms. The molecule has 0 radical (unpaired) electrons. The highest BCUT2D eigenvalue weighted by molar-refractivity contribution is 5.79. The SMILES string of the molecule is COc1cccc(CC(=O)N2CCCC[C@@H]2c2ccn3nccc3n2)c1. The molecular weight excluding hydrogens is 328 g/mol. The molecule has 1 atom stereocenters. The van der Waals surface area contributed by atoms with Crippen molar-refractivity contribution < 1.29 is 9.53 Å². The normalized spacial score (nSPS) is 17.4. The Bertz CT molecular complexity index is 921. The van der Waals surface area contributed by atoms with E-state index in [2.05, 4.69) is 5.10 Å². The number of carbonyl (C=O) groups excluding carboxylic acids is 1. The Hall–Kier alpha value is -2.89. The molecule has 0 N–H and O–H groups in total. The molecule has 1 saturated heterocycles. The van der Waals surface area contributed by atoms with Crippen molar-refractivity contribution >= 4 is 11.6 Å². The summed E-state index contributed by atoms with van der Waals surface area (Å²) in [6, 6.07) is 11.6. The average molecular weight is 350 g/mol. The molecule has 0 bridgehead atoms. The van der Waals surface area contributed by atoms with E-state index < -0.39 is 0 Å². The smallest absolute Gasteiger partial charge is 0.227 e. The third-order valence-corrected chi connectivity index (χ3v) is 4.93. The largest absolute Gasteiger partial charge is 0.497 e. The van der Waals surface area contributed by atoms with Crippen molar-refractivity contribution in [3.63, 3.8) is 0 Å². The second-order valence-electron chi connectivity index (χ2n) is 6.61. The fourth-order valence-corrected chi connectivity index (χ4v) is 3.61. The first-order valence-corrected chi connectivity index (χ1v) is 8.97. The van der Waals surface area contributed by atoms with Crippen LogP contribution in [0.25, 0.3) is 5.65 Å². The highest BCUT2D eigenvalue weighted by atomic mass is 16.5. The Labute approximate surface area is 152 Å². The van der Waals surface area contributed by atoms with Crippen LogP contribution in [0.5, 0.6) is 5.75 Å². The summed E-state index contributed by atoms with van der Waals surface area (Å²) in [5.74, 6) is 0.913. The Morgan fingerprint density at radius 2 is 2.19 bits per heavy atom. The van der Waals surface area contributed by atoms with Gasteiger partial charge in [0.05, 0.1) is 31.5 Å². The summed E-state index contributed by atoms with van der Waals surface area (Å²) >= 11 is 0. The van der Waals surface area contributed by atoms with E-state index in [1.165, 1.54) is 0 Å². The number of nitrogens with zero attached hydrogens (tertiary/aromatic N) is 4. The molecule has 1 aliphatic rings. The number of piperidine rings is 1.